The van der Waals surface area contributed by atoms with E-state index in [0.717, 1.165) is 0 Å². The molecule has 2 heterocycles. The van der Waals surface area contributed by atoms with E-state index in [2.05, 4.69) is 4.98 Å². The van der Waals surface area contributed by atoms with Gasteiger partial charge in [0.1, 0.15) is 5.69 Å². The van der Waals surface area contributed by atoms with E-state index in [0.29, 0.717) is 4.90 Å². The number of imide groups is 1. The van der Waals surface area contributed by atoms with Crippen LogP contribution < -0.4 is 4.90 Å². The van der Waals surface area contributed by atoms with E-state index in [1.54, 1.807) is 12.1 Å². The molecule has 0 atom stereocenters. The summed E-state index contributed by atoms with van der Waals surface area (Å²) in [6.07, 6.45) is 0. The smallest absolute Gasteiger partial charge is 0.266 e. The Morgan fingerprint density at radius 3 is 2.00 bits per heavy atom. The zero-order chi connectivity index (χ0) is 17.3. The predicted molar refractivity (Wildman–Crippen MR) is 82.8 cm³/mol. The van der Waals surface area contributed by atoms with E-state index in [-0.39, 0.29) is 21.8 Å². The number of rotatable bonds is 1. The van der Waals surface area contributed by atoms with Crippen molar-refractivity contribution in [2.75, 3.05) is 4.90 Å². The van der Waals surface area contributed by atoms with Gasteiger partial charge >= 0.3 is 0 Å². The second kappa shape index (κ2) is 6.42. The Kier molecular flexibility index (Phi) is 4.75. The Morgan fingerprint density at radius 2 is 1.52 bits per heavy atom. The maximum Gasteiger partial charge on any atom is 0.266 e. The molecule has 0 saturated carbocycles. The Balaban J connectivity index is 0.000000924. The van der Waals surface area contributed by atoms with Gasteiger partial charge in [0.2, 0.25) is 5.82 Å². The SMILES string of the molecule is CC.Cc1nc(F)c(F)c(N2C(=O)c3ccccc3C2=O)c1Cl. The minimum absolute atomic E-state index is 0.0119. The Bertz CT molecular complexity index is 748. The summed E-state index contributed by atoms with van der Waals surface area (Å²) < 4.78 is 27.5. The first-order chi connectivity index (χ1) is 10.9. The van der Waals surface area contributed by atoms with Gasteiger partial charge in [-0.25, -0.2) is 9.88 Å². The predicted octanol–water partition coefficient (Wildman–Crippen LogP) is 4.15. The summed E-state index contributed by atoms with van der Waals surface area (Å²) in [6.45, 7) is 5.35. The van der Waals surface area contributed by atoms with Crippen LogP contribution >= 0.6 is 11.6 Å². The summed E-state index contributed by atoms with van der Waals surface area (Å²) in [4.78, 5) is 28.4. The number of pyridine rings is 1. The summed E-state index contributed by atoms with van der Waals surface area (Å²) >= 11 is 5.91. The Morgan fingerprint density at radius 1 is 1.04 bits per heavy atom. The molecule has 0 radical (unpaired) electrons. The number of nitrogens with zero attached hydrogens (tertiary/aromatic N) is 2. The number of amides is 2. The highest BCUT2D eigenvalue weighted by molar-refractivity contribution is 6.40. The molecule has 1 aromatic heterocycles. The van der Waals surface area contributed by atoms with E-state index in [1.165, 1.54) is 19.1 Å². The van der Waals surface area contributed by atoms with Gasteiger partial charge in [-0.05, 0) is 19.1 Å². The van der Waals surface area contributed by atoms with E-state index < -0.39 is 29.3 Å². The standard InChI is InChI=1S/C14H7ClF2N2O2.C2H6/c1-6-9(15)11(10(16)12(17)18-6)19-13(20)7-4-2-3-5-8(7)14(19)21;1-2/h2-5H,1H3;1-2H3. The monoisotopic (exact) mass is 338 g/mol. The second-order valence-corrected chi connectivity index (χ2v) is 4.83. The Hall–Kier alpha value is -2.34. The highest BCUT2D eigenvalue weighted by atomic mass is 35.5. The molecule has 120 valence electrons. The molecule has 0 saturated heterocycles. The van der Waals surface area contributed by atoms with Crippen LogP contribution in [0.5, 0.6) is 0 Å². The molecule has 0 aliphatic carbocycles. The van der Waals surface area contributed by atoms with Gasteiger partial charge in [0, 0.05) is 0 Å². The molecule has 2 amide bonds. The van der Waals surface area contributed by atoms with Crippen molar-refractivity contribution in [3.05, 3.63) is 57.9 Å². The third-order valence-corrected chi connectivity index (χ3v) is 3.65. The summed E-state index contributed by atoms with van der Waals surface area (Å²) in [7, 11) is 0. The quantitative estimate of drug-likeness (QED) is 0.580. The van der Waals surface area contributed by atoms with Crippen LogP contribution in [0, 0.1) is 18.7 Å². The van der Waals surface area contributed by atoms with Crippen LogP contribution in [0.2, 0.25) is 5.02 Å². The highest BCUT2D eigenvalue weighted by Gasteiger charge is 2.40. The molecule has 0 N–H and O–H groups in total. The fourth-order valence-corrected chi connectivity index (χ4v) is 2.41. The molecule has 1 aromatic carbocycles. The van der Waals surface area contributed by atoms with E-state index in [4.69, 9.17) is 11.6 Å². The van der Waals surface area contributed by atoms with Crippen LogP contribution in [0.4, 0.5) is 14.5 Å². The largest absolute Gasteiger partial charge is 0.268 e. The lowest BCUT2D eigenvalue weighted by molar-refractivity contribution is 0.0924. The van der Waals surface area contributed by atoms with Crippen molar-refractivity contribution in [1.29, 1.82) is 0 Å². The number of carbonyl (C=O) groups is 2. The highest BCUT2D eigenvalue weighted by Crippen LogP contribution is 2.37. The van der Waals surface area contributed by atoms with Gasteiger partial charge in [-0.2, -0.15) is 8.78 Å². The minimum Gasteiger partial charge on any atom is -0.268 e. The molecule has 0 bridgehead atoms. The molecule has 0 unspecified atom stereocenters. The van der Waals surface area contributed by atoms with Crippen molar-refractivity contribution in [2.24, 2.45) is 0 Å². The van der Waals surface area contributed by atoms with Gasteiger partial charge in [0.05, 0.1) is 21.8 Å². The van der Waals surface area contributed by atoms with Crippen LogP contribution in [0.15, 0.2) is 24.3 Å². The lowest BCUT2D eigenvalue weighted by Gasteiger charge is -2.17. The average molecular weight is 339 g/mol. The van der Waals surface area contributed by atoms with Gasteiger partial charge in [-0.1, -0.05) is 37.6 Å². The van der Waals surface area contributed by atoms with Crippen molar-refractivity contribution < 1.29 is 18.4 Å². The number of carbonyl (C=O) groups excluding carboxylic acids is 2. The molecule has 0 spiro atoms. The zero-order valence-electron chi connectivity index (χ0n) is 12.7. The lowest BCUT2D eigenvalue weighted by Crippen LogP contribution is -2.31. The van der Waals surface area contributed by atoms with Crippen LogP contribution in [-0.2, 0) is 0 Å². The number of hydrogen-bond donors (Lipinski definition) is 0. The molecule has 2 aromatic rings. The van der Waals surface area contributed by atoms with Gasteiger partial charge in [-0.15, -0.1) is 0 Å². The van der Waals surface area contributed by atoms with Crippen LogP contribution in [0.1, 0.15) is 40.3 Å². The van der Waals surface area contributed by atoms with Gasteiger partial charge in [0.15, 0.2) is 0 Å². The van der Waals surface area contributed by atoms with Crippen molar-refractivity contribution in [2.45, 2.75) is 20.8 Å². The van der Waals surface area contributed by atoms with Crippen molar-refractivity contribution in [3.63, 3.8) is 0 Å². The maximum atomic E-state index is 14.0. The lowest BCUT2D eigenvalue weighted by atomic mass is 10.1. The first kappa shape index (κ1) is 17.0. The van der Waals surface area contributed by atoms with Crippen molar-refractivity contribution in [1.82, 2.24) is 4.98 Å². The summed E-state index contributed by atoms with van der Waals surface area (Å²) in [5.41, 5.74) is -0.379. The topological polar surface area (TPSA) is 50.3 Å². The molecule has 23 heavy (non-hydrogen) atoms. The summed E-state index contributed by atoms with van der Waals surface area (Å²) in [5.74, 6) is -4.34. The van der Waals surface area contributed by atoms with E-state index in [9.17, 15) is 18.4 Å². The van der Waals surface area contributed by atoms with Crippen LogP contribution in [0.3, 0.4) is 0 Å². The number of hydrogen-bond acceptors (Lipinski definition) is 3. The zero-order valence-corrected chi connectivity index (χ0v) is 13.4. The minimum atomic E-state index is -1.43. The number of benzene rings is 1. The van der Waals surface area contributed by atoms with E-state index in [1.807, 2.05) is 13.8 Å². The third-order valence-electron chi connectivity index (χ3n) is 3.20. The maximum absolute atomic E-state index is 14.0. The molecule has 7 heteroatoms. The molecule has 3 rings (SSSR count). The molecule has 1 aliphatic rings. The molecule has 1 aliphatic heterocycles. The molecular weight excluding hydrogens is 326 g/mol. The fourth-order valence-electron chi connectivity index (χ4n) is 2.20. The molecule has 0 fully saturated rings. The van der Waals surface area contributed by atoms with Crippen molar-refractivity contribution >= 4 is 29.1 Å². The number of aryl methyl sites for hydroxylation is 1. The number of aromatic nitrogens is 1. The summed E-state index contributed by atoms with van der Waals surface area (Å²) in [6, 6.07) is 6.02. The third kappa shape index (κ3) is 2.59. The van der Waals surface area contributed by atoms with Crippen LogP contribution in [-0.4, -0.2) is 16.8 Å². The van der Waals surface area contributed by atoms with Gasteiger partial charge in [0.25, 0.3) is 17.8 Å². The first-order valence-corrected chi connectivity index (χ1v) is 7.30. The van der Waals surface area contributed by atoms with Gasteiger partial charge in [-0.3, -0.25) is 9.59 Å². The van der Waals surface area contributed by atoms with E-state index >= 15 is 0 Å². The number of halogens is 3. The van der Waals surface area contributed by atoms with Gasteiger partial charge < -0.3 is 0 Å². The molecule has 4 nitrogen and oxygen atoms in total. The molecular formula is C16H13ClF2N2O2. The summed E-state index contributed by atoms with van der Waals surface area (Å²) in [5, 5.41) is -0.275. The Labute approximate surface area is 136 Å². The first-order valence-electron chi connectivity index (χ1n) is 6.92. The van der Waals surface area contributed by atoms with Crippen LogP contribution in [0.25, 0.3) is 0 Å². The fraction of sp³-hybridized carbons (Fsp3) is 0.188. The number of fused-ring (bicyclic) bond motifs is 1. The second-order valence-electron chi connectivity index (χ2n) is 4.46. The number of anilines is 1. The van der Waals surface area contributed by atoms with Crippen molar-refractivity contribution in [3.8, 4) is 0 Å². The normalized spacial score (nSPS) is 12.9. The average Bonchev–Trinajstić information content (AvgIpc) is 2.81.